The number of ether oxygens (including phenoxy) is 1. The number of nitrogens with zero attached hydrogens (tertiary/aromatic N) is 4. The molecule has 178 valence electrons. The lowest BCUT2D eigenvalue weighted by atomic mass is 10.1. The zero-order valence-corrected chi connectivity index (χ0v) is 19.9. The highest BCUT2D eigenvalue weighted by Gasteiger charge is 2.36. The Morgan fingerprint density at radius 3 is 2.64 bits per heavy atom. The number of benzene rings is 3. The number of amides is 1. The first-order chi connectivity index (χ1) is 17.4. The van der Waals surface area contributed by atoms with Crippen molar-refractivity contribution in [2.45, 2.75) is 13.5 Å². The van der Waals surface area contributed by atoms with Gasteiger partial charge in [0.15, 0.2) is 5.84 Å². The van der Waals surface area contributed by atoms with Crippen LogP contribution in [0.4, 0.5) is 5.69 Å². The molecule has 0 atom stereocenters. The van der Waals surface area contributed by atoms with Gasteiger partial charge in [0.05, 0.1) is 16.1 Å². The predicted molar refractivity (Wildman–Crippen MR) is 139 cm³/mol. The molecule has 0 saturated carbocycles. The maximum Gasteiger partial charge on any atom is 0.283 e. The molecule has 10 heteroatoms. The Morgan fingerprint density at radius 1 is 1.11 bits per heavy atom. The molecule has 0 bridgehead atoms. The molecule has 0 spiro atoms. The van der Waals surface area contributed by atoms with E-state index in [0.29, 0.717) is 27.1 Å². The van der Waals surface area contributed by atoms with Gasteiger partial charge in [-0.25, -0.2) is 0 Å². The first kappa shape index (κ1) is 23.2. The van der Waals surface area contributed by atoms with E-state index in [1.54, 1.807) is 48.5 Å². The van der Waals surface area contributed by atoms with E-state index in [1.165, 1.54) is 22.8 Å². The monoisotopic (exact) mass is 497 g/mol. The fourth-order valence-corrected chi connectivity index (χ4v) is 4.57. The maximum absolute atomic E-state index is 12.7. The minimum absolute atomic E-state index is 0.00129. The van der Waals surface area contributed by atoms with Gasteiger partial charge < -0.3 is 4.74 Å². The molecule has 0 aliphatic carbocycles. The number of aryl methyl sites for hydroxylation is 1. The topological polar surface area (TPSA) is 121 Å². The molecule has 5 rings (SSSR count). The minimum atomic E-state index is -0.504. The fraction of sp³-hybridized carbons (Fsp3) is 0.0769. The molecule has 2 aliphatic heterocycles. The number of hydrogen-bond acceptors (Lipinski definition) is 7. The second-order valence-corrected chi connectivity index (χ2v) is 8.99. The van der Waals surface area contributed by atoms with Crippen molar-refractivity contribution in [1.82, 2.24) is 5.01 Å². The van der Waals surface area contributed by atoms with Crippen LogP contribution in [0.3, 0.4) is 0 Å². The van der Waals surface area contributed by atoms with Crippen molar-refractivity contribution in [1.29, 1.82) is 5.41 Å². The van der Waals surface area contributed by atoms with Crippen molar-refractivity contribution in [2.75, 3.05) is 0 Å². The molecule has 0 unspecified atom stereocenters. The number of nitro groups is 1. The summed E-state index contributed by atoms with van der Waals surface area (Å²) in [5.74, 6) is -0.0305. The number of fused-ring (bicyclic) bond motifs is 1. The van der Waals surface area contributed by atoms with Gasteiger partial charge in [0, 0.05) is 11.6 Å². The van der Waals surface area contributed by atoms with Crippen LogP contribution in [0.2, 0.25) is 0 Å². The molecular weight excluding hydrogens is 478 g/mol. The normalized spacial score (nSPS) is 16.0. The molecule has 9 nitrogen and oxygen atoms in total. The van der Waals surface area contributed by atoms with Crippen molar-refractivity contribution in [3.05, 3.63) is 111 Å². The van der Waals surface area contributed by atoms with Crippen LogP contribution in [0.25, 0.3) is 6.08 Å². The number of amidine groups is 2. The Labute approximate surface area is 210 Å². The van der Waals surface area contributed by atoms with E-state index in [2.05, 4.69) is 10.1 Å². The number of carbonyl (C=O) groups excluding carboxylic acids is 1. The SMILES string of the molecule is Cc1cccc(C2=NN3C(=N)/C(=C/c4ccc(OCc5ccccc5[N+](=O)[O-])cc4)C(=O)N=C3S2)c1. The van der Waals surface area contributed by atoms with Gasteiger partial charge in [-0.05, 0) is 54.6 Å². The number of carbonyl (C=O) groups is 1. The van der Waals surface area contributed by atoms with Gasteiger partial charge in [-0.1, -0.05) is 48.0 Å². The molecular formula is C26H19N5O4S. The van der Waals surface area contributed by atoms with Crippen LogP contribution in [0.5, 0.6) is 5.75 Å². The first-order valence-corrected chi connectivity index (χ1v) is 11.7. The number of para-hydroxylation sites is 1. The van der Waals surface area contributed by atoms with Crippen molar-refractivity contribution < 1.29 is 14.5 Å². The van der Waals surface area contributed by atoms with Gasteiger partial charge >= 0.3 is 0 Å². The summed E-state index contributed by atoms with van der Waals surface area (Å²) in [5.41, 5.74) is 3.26. The third-order valence-corrected chi connectivity index (χ3v) is 6.45. The summed E-state index contributed by atoms with van der Waals surface area (Å²) in [6, 6.07) is 21.1. The summed E-state index contributed by atoms with van der Waals surface area (Å²) >= 11 is 1.26. The zero-order chi connectivity index (χ0) is 25.2. The van der Waals surface area contributed by atoms with Crippen LogP contribution < -0.4 is 4.74 Å². The molecule has 1 amide bonds. The zero-order valence-electron chi connectivity index (χ0n) is 19.0. The van der Waals surface area contributed by atoms with E-state index in [-0.39, 0.29) is 23.7 Å². The van der Waals surface area contributed by atoms with Gasteiger partial charge in [0.2, 0.25) is 5.17 Å². The van der Waals surface area contributed by atoms with Crippen LogP contribution in [-0.2, 0) is 11.4 Å². The van der Waals surface area contributed by atoms with Crippen LogP contribution in [0.1, 0.15) is 22.3 Å². The second kappa shape index (κ2) is 9.59. The van der Waals surface area contributed by atoms with E-state index in [1.807, 2.05) is 31.2 Å². The van der Waals surface area contributed by atoms with Gasteiger partial charge in [0.1, 0.15) is 17.4 Å². The summed E-state index contributed by atoms with van der Waals surface area (Å²) in [7, 11) is 0. The van der Waals surface area contributed by atoms with Gasteiger partial charge in [0.25, 0.3) is 11.6 Å². The molecule has 3 aromatic carbocycles. The van der Waals surface area contributed by atoms with Crippen molar-refractivity contribution in [3.8, 4) is 5.75 Å². The smallest absolute Gasteiger partial charge is 0.283 e. The molecule has 0 radical (unpaired) electrons. The molecule has 0 saturated heterocycles. The van der Waals surface area contributed by atoms with E-state index in [9.17, 15) is 14.9 Å². The summed E-state index contributed by atoms with van der Waals surface area (Å²) in [4.78, 5) is 27.6. The largest absolute Gasteiger partial charge is 0.489 e. The summed E-state index contributed by atoms with van der Waals surface area (Å²) in [6.45, 7) is 2.04. The number of nitrogens with one attached hydrogen (secondary N) is 1. The van der Waals surface area contributed by atoms with E-state index in [4.69, 9.17) is 10.1 Å². The molecule has 36 heavy (non-hydrogen) atoms. The van der Waals surface area contributed by atoms with E-state index < -0.39 is 10.8 Å². The molecule has 1 N–H and O–H groups in total. The lowest BCUT2D eigenvalue weighted by Gasteiger charge is -2.20. The Hall–Kier alpha value is -4.57. The second-order valence-electron chi connectivity index (χ2n) is 8.04. The van der Waals surface area contributed by atoms with Crippen LogP contribution in [0.15, 0.2) is 88.5 Å². The number of hydrogen-bond donors (Lipinski definition) is 1. The summed E-state index contributed by atoms with van der Waals surface area (Å²) in [5, 5.41) is 26.7. The Bertz CT molecular complexity index is 1490. The number of thioether (sulfide) groups is 1. The third-order valence-electron chi connectivity index (χ3n) is 5.49. The lowest BCUT2D eigenvalue weighted by molar-refractivity contribution is -0.385. The quantitative estimate of drug-likeness (QED) is 0.286. The average molecular weight is 498 g/mol. The van der Waals surface area contributed by atoms with Crippen molar-refractivity contribution >= 4 is 45.5 Å². The number of aliphatic imine (C=N–C) groups is 1. The van der Waals surface area contributed by atoms with Gasteiger partial charge in [-0.2, -0.15) is 15.1 Å². The molecule has 2 aliphatic rings. The van der Waals surface area contributed by atoms with Gasteiger partial charge in [-0.15, -0.1) is 0 Å². The van der Waals surface area contributed by atoms with Crippen LogP contribution in [0, 0.1) is 22.4 Å². The first-order valence-electron chi connectivity index (χ1n) is 10.9. The molecule has 2 heterocycles. The summed E-state index contributed by atoms with van der Waals surface area (Å²) < 4.78 is 5.70. The van der Waals surface area contributed by atoms with Gasteiger partial charge in [-0.3, -0.25) is 20.3 Å². The number of rotatable bonds is 6. The highest BCUT2D eigenvalue weighted by atomic mass is 32.2. The standard InChI is InChI=1S/C26H19N5O4S/c1-16-5-4-7-18(13-16)25-29-30-23(27)21(24(32)28-26(30)36-25)14-17-9-11-20(12-10-17)35-15-19-6-2-3-8-22(19)31(33)34/h2-14,27H,15H2,1H3/b21-14-,27-23?. The fourth-order valence-electron chi connectivity index (χ4n) is 3.69. The van der Waals surface area contributed by atoms with Crippen molar-refractivity contribution in [2.24, 2.45) is 10.1 Å². The Morgan fingerprint density at radius 2 is 1.89 bits per heavy atom. The van der Waals surface area contributed by atoms with E-state index >= 15 is 0 Å². The Balaban J connectivity index is 1.32. The maximum atomic E-state index is 12.7. The van der Waals surface area contributed by atoms with Crippen LogP contribution in [-0.4, -0.2) is 31.9 Å². The molecule has 0 fully saturated rings. The molecule has 3 aromatic rings. The molecule has 0 aromatic heterocycles. The summed E-state index contributed by atoms with van der Waals surface area (Å²) in [6.07, 6.45) is 1.58. The average Bonchev–Trinajstić information content (AvgIpc) is 3.30. The predicted octanol–water partition coefficient (Wildman–Crippen LogP) is 5.15. The highest BCUT2D eigenvalue weighted by Crippen LogP contribution is 2.31. The van der Waals surface area contributed by atoms with Crippen LogP contribution >= 0.6 is 11.8 Å². The Kier molecular flexibility index (Phi) is 6.17. The van der Waals surface area contributed by atoms with Crippen molar-refractivity contribution in [3.63, 3.8) is 0 Å². The highest BCUT2D eigenvalue weighted by molar-refractivity contribution is 8.27. The number of hydrazone groups is 1. The van der Waals surface area contributed by atoms with E-state index in [0.717, 1.165) is 11.1 Å². The number of nitro benzene ring substituents is 1. The minimum Gasteiger partial charge on any atom is -0.489 e. The lowest BCUT2D eigenvalue weighted by Crippen LogP contribution is -2.35. The third kappa shape index (κ3) is 4.66.